The minimum Gasteiger partial charge on any atom is -0.223 e. The number of benzene rings is 1. The van der Waals surface area contributed by atoms with Crippen LogP contribution in [0.25, 0.3) is 0 Å². The molecule has 0 spiro atoms. The number of nitrogens with zero attached hydrogens (tertiary/aromatic N) is 1. The lowest BCUT2D eigenvalue weighted by Crippen LogP contribution is -2.06. The van der Waals surface area contributed by atoms with E-state index < -0.39 is 9.84 Å². The molecule has 1 fully saturated rings. The van der Waals surface area contributed by atoms with Gasteiger partial charge in [0.25, 0.3) is 0 Å². The molecule has 0 aliphatic heterocycles. The third-order valence-electron chi connectivity index (χ3n) is 2.54. The Kier molecular flexibility index (Phi) is 2.90. The van der Waals surface area contributed by atoms with Crippen LogP contribution in [0.15, 0.2) is 34.2 Å². The molecule has 0 bridgehead atoms. The fourth-order valence-electron chi connectivity index (χ4n) is 1.48. The molecular formula is C11H11NO3S. The largest absolute Gasteiger partial charge is 0.235 e. The summed E-state index contributed by atoms with van der Waals surface area (Å²) in [6, 6.07) is 6.50. The number of aliphatic imine (C=N–C) groups is 1. The van der Waals surface area contributed by atoms with Gasteiger partial charge in [0, 0.05) is 0 Å². The van der Waals surface area contributed by atoms with E-state index in [0.29, 0.717) is 4.90 Å². The summed E-state index contributed by atoms with van der Waals surface area (Å²) in [5.74, 6) is 0. The lowest BCUT2D eigenvalue weighted by atomic mass is 10.2. The second-order valence-corrected chi connectivity index (χ2v) is 6.02. The van der Waals surface area contributed by atoms with Gasteiger partial charge in [0.15, 0.2) is 9.84 Å². The van der Waals surface area contributed by atoms with E-state index >= 15 is 0 Å². The summed E-state index contributed by atoms with van der Waals surface area (Å²) in [4.78, 5) is 13.7. The highest BCUT2D eigenvalue weighted by Crippen LogP contribution is 2.33. The maximum Gasteiger partial charge on any atom is 0.235 e. The summed E-state index contributed by atoms with van der Waals surface area (Å²) in [5.41, 5.74) is 0.804. The Labute approximate surface area is 93.9 Å². The fourth-order valence-corrected chi connectivity index (χ4v) is 3.14. The van der Waals surface area contributed by atoms with Crippen LogP contribution in [-0.2, 0) is 21.2 Å². The van der Waals surface area contributed by atoms with E-state index in [1.165, 1.54) is 6.08 Å². The zero-order valence-electron chi connectivity index (χ0n) is 8.59. The molecule has 0 atom stereocenters. The molecule has 4 nitrogen and oxygen atoms in total. The van der Waals surface area contributed by atoms with Crippen LogP contribution in [0.1, 0.15) is 18.4 Å². The van der Waals surface area contributed by atoms with Crippen molar-refractivity contribution >= 4 is 15.9 Å². The maximum absolute atomic E-state index is 11.8. The SMILES string of the molecule is O=C=NCc1ccc(S(=O)(=O)C2CC2)cc1. The Morgan fingerprint density at radius 3 is 2.38 bits per heavy atom. The first kappa shape index (κ1) is 11.0. The Morgan fingerprint density at radius 2 is 1.88 bits per heavy atom. The van der Waals surface area contributed by atoms with Crippen molar-refractivity contribution in [3.05, 3.63) is 29.8 Å². The smallest absolute Gasteiger partial charge is 0.223 e. The third kappa shape index (κ3) is 2.21. The molecule has 1 saturated carbocycles. The molecule has 1 aromatic rings. The van der Waals surface area contributed by atoms with E-state index in [1.807, 2.05) is 0 Å². The topological polar surface area (TPSA) is 63.6 Å². The van der Waals surface area contributed by atoms with Gasteiger partial charge < -0.3 is 0 Å². The van der Waals surface area contributed by atoms with Crippen molar-refractivity contribution in [1.82, 2.24) is 0 Å². The molecule has 0 N–H and O–H groups in total. The zero-order valence-corrected chi connectivity index (χ0v) is 9.40. The predicted molar refractivity (Wildman–Crippen MR) is 58.5 cm³/mol. The van der Waals surface area contributed by atoms with Crippen molar-refractivity contribution in [3.63, 3.8) is 0 Å². The van der Waals surface area contributed by atoms with Crippen LogP contribution < -0.4 is 0 Å². The lowest BCUT2D eigenvalue weighted by molar-refractivity contribution is 0.562. The summed E-state index contributed by atoms with van der Waals surface area (Å²) in [6.07, 6.45) is 2.97. The van der Waals surface area contributed by atoms with Crippen molar-refractivity contribution in [3.8, 4) is 0 Å². The van der Waals surface area contributed by atoms with Crippen LogP contribution in [0.2, 0.25) is 0 Å². The normalized spacial score (nSPS) is 15.5. The average molecular weight is 237 g/mol. The van der Waals surface area contributed by atoms with Gasteiger partial charge in [-0.1, -0.05) is 12.1 Å². The Hall–Kier alpha value is -1.45. The van der Waals surface area contributed by atoms with Crippen LogP contribution in [0.4, 0.5) is 0 Å². The molecule has 0 radical (unpaired) electrons. The summed E-state index contributed by atoms with van der Waals surface area (Å²) in [7, 11) is -3.11. The fraction of sp³-hybridized carbons (Fsp3) is 0.364. The van der Waals surface area contributed by atoms with Crippen LogP contribution >= 0.6 is 0 Å². The Bertz CT molecular complexity index is 523. The summed E-state index contributed by atoms with van der Waals surface area (Å²) < 4.78 is 23.7. The average Bonchev–Trinajstić information content (AvgIpc) is 3.11. The first-order valence-electron chi connectivity index (χ1n) is 5.01. The first-order chi connectivity index (χ1) is 7.64. The van der Waals surface area contributed by atoms with Gasteiger partial charge in [0.2, 0.25) is 6.08 Å². The van der Waals surface area contributed by atoms with Crippen molar-refractivity contribution < 1.29 is 13.2 Å². The van der Waals surface area contributed by atoms with Gasteiger partial charge in [-0.05, 0) is 30.5 Å². The second-order valence-electron chi connectivity index (χ2n) is 3.80. The molecule has 16 heavy (non-hydrogen) atoms. The molecule has 0 amide bonds. The summed E-state index contributed by atoms with van der Waals surface area (Å²) in [5, 5.41) is -0.189. The summed E-state index contributed by atoms with van der Waals surface area (Å²) in [6.45, 7) is 0.243. The van der Waals surface area contributed by atoms with Gasteiger partial charge in [0.1, 0.15) is 0 Å². The van der Waals surface area contributed by atoms with Gasteiger partial charge in [-0.15, -0.1) is 0 Å². The molecule has 1 aliphatic rings. The van der Waals surface area contributed by atoms with Gasteiger partial charge in [-0.2, -0.15) is 0 Å². The maximum atomic E-state index is 11.8. The number of carbonyl (C=O) groups excluding carboxylic acids is 1. The molecule has 0 saturated heterocycles. The molecule has 1 aliphatic carbocycles. The highest BCUT2D eigenvalue weighted by atomic mass is 32.2. The number of sulfone groups is 1. The highest BCUT2D eigenvalue weighted by molar-refractivity contribution is 7.92. The monoisotopic (exact) mass is 237 g/mol. The van der Waals surface area contributed by atoms with E-state index in [1.54, 1.807) is 24.3 Å². The minimum absolute atomic E-state index is 0.189. The predicted octanol–water partition coefficient (Wildman–Crippen LogP) is 1.46. The van der Waals surface area contributed by atoms with Gasteiger partial charge in [-0.25, -0.2) is 18.2 Å². The molecule has 1 aromatic carbocycles. The van der Waals surface area contributed by atoms with E-state index in [9.17, 15) is 13.2 Å². The second kappa shape index (κ2) is 4.20. The van der Waals surface area contributed by atoms with Crippen molar-refractivity contribution in [1.29, 1.82) is 0 Å². The van der Waals surface area contributed by atoms with Crippen LogP contribution in [-0.4, -0.2) is 19.7 Å². The number of rotatable bonds is 4. The Balaban J connectivity index is 2.22. The van der Waals surface area contributed by atoms with Crippen molar-refractivity contribution in [2.75, 3.05) is 0 Å². The van der Waals surface area contributed by atoms with E-state index in [-0.39, 0.29) is 11.8 Å². The molecule has 0 aromatic heterocycles. The minimum atomic E-state index is -3.11. The Morgan fingerprint density at radius 1 is 1.25 bits per heavy atom. The van der Waals surface area contributed by atoms with Gasteiger partial charge >= 0.3 is 0 Å². The molecular weight excluding hydrogens is 226 g/mol. The number of isocyanates is 1. The molecule has 0 unspecified atom stereocenters. The van der Waals surface area contributed by atoms with Crippen molar-refractivity contribution in [2.24, 2.45) is 4.99 Å². The van der Waals surface area contributed by atoms with E-state index in [0.717, 1.165) is 18.4 Å². The van der Waals surface area contributed by atoms with Gasteiger partial charge in [-0.3, -0.25) is 0 Å². The molecule has 0 heterocycles. The zero-order chi connectivity index (χ0) is 11.6. The lowest BCUT2D eigenvalue weighted by Gasteiger charge is -2.02. The van der Waals surface area contributed by atoms with Crippen LogP contribution in [0.3, 0.4) is 0 Å². The van der Waals surface area contributed by atoms with E-state index in [4.69, 9.17) is 0 Å². The number of hydrogen-bond acceptors (Lipinski definition) is 4. The van der Waals surface area contributed by atoms with Gasteiger partial charge in [0.05, 0.1) is 16.7 Å². The third-order valence-corrected chi connectivity index (χ3v) is 4.82. The molecule has 2 rings (SSSR count). The molecule has 84 valence electrons. The van der Waals surface area contributed by atoms with Crippen LogP contribution in [0.5, 0.6) is 0 Å². The first-order valence-corrected chi connectivity index (χ1v) is 6.55. The van der Waals surface area contributed by atoms with Crippen LogP contribution in [0, 0.1) is 0 Å². The van der Waals surface area contributed by atoms with Crippen molar-refractivity contribution in [2.45, 2.75) is 29.5 Å². The summed E-state index contributed by atoms with van der Waals surface area (Å²) >= 11 is 0. The number of hydrogen-bond donors (Lipinski definition) is 0. The quantitative estimate of drug-likeness (QED) is 0.588. The molecule has 5 heteroatoms. The van der Waals surface area contributed by atoms with E-state index in [2.05, 4.69) is 4.99 Å². The standard InChI is InChI=1S/C11H11NO3S/c13-8-12-7-9-1-3-10(4-2-9)16(14,15)11-5-6-11/h1-4,11H,5-7H2. The highest BCUT2D eigenvalue weighted by Gasteiger charge is 2.36.